The largest absolute Gasteiger partial charge is 0.299 e. The van der Waals surface area contributed by atoms with Gasteiger partial charge in [-0.3, -0.25) is 14.4 Å². The van der Waals surface area contributed by atoms with Crippen molar-refractivity contribution < 1.29 is 14.4 Å². The van der Waals surface area contributed by atoms with E-state index in [1.165, 1.54) is 10.0 Å². The van der Waals surface area contributed by atoms with Crippen LogP contribution in [0.4, 0.5) is 11.4 Å². The number of nitrogens with zero attached hydrogens (tertiary/aromatic N) is 2. The van der Waals surface area contributed by atoms with Gasteiger partial charge in [-0.15, -0.1) is 0 Å². The molecule has 32 heavy (non-hydrogen) atoms. The SMILES string of the molecule is CCC(C(=O)CCC1C(=O)N(c2ccccc2)N(c2ccccc2)C1=O)c1ccccc1. The molecule has 1 unspecified atom stereocenters. The number of hydrogen-bond acceptors (Lipinski definition) is 3. The maximum atomic E-state index is 13.4. The maximum Gasteiger partial charge on any atom is 0.258 e. The minimum atomic E-state index is -0.882. The van der Waals surface area contributed by atoms with Gasteiger partial charge in [0.2, 0.25) is 0 Å². The molecular weight excluding hydrogens is 400 g/mol. The molecule has 1 saturated heterocycles. The lowest BCUT2D eigenvalue weighted by Gasteiger charge is -2.27. The second-order valence-electron chi connectivity index (χ2n) is 7.90. The molecule has 1 aliphatic rings. The fraction of sp³-hybridized carbons (Fsp3) is 0.222. The predicted molar refractivity (Wildman–Crippen MR) is 125 cm³/mol. The zero-order chi connectivity index (χ0) is 22.5. The minimum Gasteiger partial charge on any atom is -0.299 e. The molecule has 1 aliphatic heterocycles. The number of carbonyl (C=O) groups is 3. The summed E-state index contributed by atoms with van der Waals surface area (Å²) in [5.41, 5.74) is 2.22. The molecule has 1 fully saturated rings. The number of anilines is 2. The molecular formula is C27H26N2O3. The Morgan fingerprint density at radius 2 is 1.19 bits per heavy atom. The Kier molecular flexibility index (Phi) is 6.45. The van der Waals surface area contributed by atoms with Crippen molar-refractivity contribution in [3.05, 3.63) is 96.6 Å². The first-order valence-corrected chi connectivity index (χ1v) is 11.0. The van der Waals surface area contributed by atoms with Crippen molar-refractivity contribution >= 4 is 29.0 Å². The topological polar surface area (TPSA) is 57.7 Å². The van der Waals surface area contributed by atoms with Crippen LogP contribution in [0.25, 0.3) is 0 Å². The van der Waals surface area contributed by atoms with Crippen molar-refractivity contribution in [1.29, 1.82) is 0 Å². The molecule has 5 heteroatoms. The smallest absolute Gasteiger partial charge is 0.258 e. The van der Waals surface area contributed by atoms with E-state index in [9.17, 15) is 14.4 Å². The molecule has 1 heterocycles. The van der Waals surface area contributed by atoms with Crippen LogP contribution in [0.5, 0.6) is 0 Å². The van der Waals surface area contributed by atoms with Gasteiger partial charge in [0, 0.05) is 12.3 Å². The highest BCUT2D eigenvalue weighted by atomic mass is 16.2. The quantitative estimate of drug-likeness (QED) is 0.469. The summed E-state index contributed by atoms with van der Waals surface area (Å²) in [6.45, 7) is 1.98. The van der Waals surface area contributed by atoms with Gasteiger partial charge in [-0.1, -0.05) is 73.7 Å². The van der Waals surface area contributed by atoms with Crippen molar-refractivity contribution in [2.45, 2.75) is 32.1 Å². The Labute approximate surface area is 188 Å². The van der Waals surface area contributed by atoms with E-state index in [0.29, 0.717) is 17.8 Å². The van der Waals surface area contributed by atoms with Crippen LogP contribution in [0.3, 0.4) is 0 Å². The van der Waals surface area contributed by atoms with Crippen molar-refractivity contribution in [3.63, 3.8) is 0 Å². The van der Waals surface area contributed by atoms with Crippen LogP contribution in [0.15, 0.2) is 91.0 Å². The highest BCUT2D eigenvalue weighted by Gasteiger charge is 2.47. The average molecular weight is 427 g/mol. The van der Waals surface area contributed by atoms with E-state index in [-0.39, 0.29) is 36.4 Å². The summed E-state index contributed by atoms with van der Waals surface area (Å²) in [7, 11) is 0. The number of benzene rings is 3. The van der Waals surface area contributed by atoms with Gasteiger partial charge >= 0.3 is 0 Å². The average Bonchev–Trinajstić information content (AvgIpc) is 3.09. The lowest BCUT2D eigenvalue weighted by molar-refractivity contribution is -0.127. The summed E-state index contributed by atoms with van der Waals surface area (Å²) >= 11 is 0. The number of amides is 2. The molecule has 0 bridgehead atoms. The van der Waals surface area contributed by atoms with E-state index in [2.05, 4.69) is 0 Å². The number of ketones is 1. The number of hydrogen-bond donors (Lipinski definition) is 0. The predicted octanol–water partition coefficient (Wildman–Crippen LogP) is 5.14. The molecule has 0 aliphatic carbocycles. The summed E-state index contributed by atoms with van der Waals surface area (Å²) in [6, 6.07) is 27.9. The fourth-order valence-corrected chi connectivity index (χ4v) is 4.26. The Hall–Kier alpha value is -3.73. The van der Waals surface area contributed by atoms with Crippen LogP contribution < -0.4 is 10.0 Å². The molecule has 162 valence electrons. The van der Waals surface area contributed by atoms with E-state index in [4.69, 9.17) is 0 Å². The van der Waals surface area contributed by atoms with Crippen LogP contribution in [0.1, 0.15) is 37.7 Å². The molecule has 3 aromatic carbocycles. The van der Waals surface area contributed by atoms with Crippen molar-refractivity contribution in [3.8, 4) is 0 Å². The van der Waals surface area contributed by atoms with E-state index in [1.54, 1.807) is 24.3 Å². The summed E-state index contributed by atoms with van der Waals surface area (Å²) < 4.78 is 0. The Morgan fingerprint density at radius 3 is 1.62 bits per heavy atom. The molecule has 1 atom stereocenters. The van der Waals surface area contributed by atoms with Crippen LogP contribution in [-0.2, 0) is 14.4 Å². The highest BCUT2D eigenvalue weighted by molar-refractivity contribution is 6.23. The standard InChI is InChI=1S/C27H26N2O3/c1-2-23(20-12-6-3-7-13-20)25(30)19-18-24-26(31)28(21-14-8-4-9-15-21)29(27(24)32)22-16-10-5-11-17-22/h3-17,23-24H,2,18-19H2,1H3. The van der Waals surface area contributed by atoms with Gasteiger partial charge in [0.05, 0.1) is 11.4 Å². The van der Waals surface area contributed by atoms with Gasteiger partial charge in [-0.2, -0.15) is 0 Å². The molecule has 4 rings (SSSR count). The first kappa shape index (κ1) is 21.5. The Bertz CT molecular complexity index is 1030. The molecule has 3 aromatic rings. The zero-order valence-electron chi connectivity index (χ0n) is 18.1. The monoisotopic (exact) mass is 426 g/mol. The number of hydrazine groups is 1. The lowest BCUT2D eigenvalue weighted by Crippen LogP contribution is -2.41. The summed E-state index contributed by atoms with van der Waals surface area (Å²) in [4.78, 5) is 39.7. The Balaban J connectivity index is 1.57. The van der Waals surface area contributed by atoms with Gasteiger partial charge in [-0.05, 0) is 42.7 Å². The molecule has 0 spiro atoms. The molecule has 0 saturated carbocycles. The van der Waals surface area contributed by atoms with E-state index >= 15 is 0 Å². The molecule has 0 N–H and O–H groups in total. The van der Waals surface area contributed by atoms with Crippen LogP contribution in [0.2, 0.25) is 0 Å². The number of rotatable bonds is 8. The van der Waals surface area contributed by atoms with Crippen molar-refractivity contribution in [2.75, 3.05) is 10.0 Å². The van der Waals surface area contributed by atoms with Crippen molar-refractivity contribution in [1.82, 2.24) is 0 Å². The fourth-order valence-electron chi connectivity index (χ4n) is 4.26. The number of Topliss-reactive ketones (excluding diaryl/α,β-unsaturated/α-hetero) is 1. The first-order valence-electron chi connectivity index (χ1n) is 11.0. The highest BCUT2D eigenvalue weighted by Crippen LogP contribution is 2.34. The third-order valence-electron chi connectivity index (χ3n) is 5.89. The lowest BCUT2D eigenvalue weighted by atomic mass is 9.88. The molecule has 0 radical (unpaired) electrons. The van der Waals surface area contributed by atoms with E-state index < -0.39 is 5.92 Å². The molecule has 0 aromatic heterocycles. The van der Waals surface area contributed by atoms with Gasteiger partial charge in [-0.25, -0.2) is 10.0 Å². The minimum absolute atomic E-state index is 0.0590. The second kappa shape index (κ2) is 9.60. The number of carbonyl (C=O) groups excluding carboxylic acids is 3. The van der Waals surface area contributed by atoms with Crippen LogP contribution in [0, 0.1) is 5.92 Å². The molecule has 5 nitrogen and oxygen atoms in total. The van der Waals surface area contributed by atoms with E-state index in [0.717, 1.165) is 5.56 Å². The normalized spacial score (nSPS) is 15.3. The Morgan fingerprint density at radius 1 is 0.750 bits per heavy atom. The zero-order valence-corrected chi connectivity index (χ0v) is 18.1. The molecule has 2 amide bonds. The van der Waals surface area contributed by atoms with Gasteiger partial charge in [0.15, 0.2) is 0 Å². The van der Waals surface area contributed by atoms with Crippen molar-refractivity contribution in [2.24, 2.45) is 5.92 Å². The first-order chi connectivity index (χ1) is 15.6. The number of para-hydroxylation sites is 2. The summed E-state index contributed by atoms with van der Waals surface area (Å²) in [6.07, 6.45) is 1.06. The summed E-state index contributed by atoms with van der Waals surface area (Å²) in [5.74, 6) is -1.65. The van der Waals surface area contributed by atoms with Gasteiger partial charge in [0.1, 0.15) is 11.7 Å². The third kappa shape index (κ3) is 4.19. The van der Waals surface area contributed by atoms with Crippen LogP contribution in [-0.4, -0.2) is 17.6 Å². The van der Waals surface area contributed by atoms with E-state index in [1.807, 2.05) is 73.7 Å². The van der Waals surface area contributed by atoms with Gasteiger partial charge < -0.3 is 0 Å². The summed E-state index contributed by atoms with van der Waals surface area (Å²) in [5, 5.41) is 2.86. The maximum absolute atomic E-state index is 13.4. The van der Waals surface area contributed by atoms with Gasteiger partial charge in [0.25, 0.3) is 11.8 Å². The second-order valence-corrected chi connectivity index (χ2v) is 7.90. The third-order valence-corrected chi connectivity index (χ3v) is 5.89. The van der Waals surface area contributed by atoms with Crippen LogP contribution >= 0.6 is 0 Å².